The second-order valence-electron chi connectivity index (χ2n) is 5.40. The van der Waals surface area contributed by atoms with Crippen LogP contribution in [0.1, 0.15) is 40.2 Å². The number of hydrogen-bond acceptors (Lipinski definition) is 3. The first-order valence-electron chi connectivity index (χ1n) is 7.31. The molecule has 4 heteroatoms. The highest BCUT2D eigenvalue weighted by atomic mass is 32.2. The number of ether oxygens (including phenoxy) is 1. The van der Waals surface area contributed by atoms with E-state index in [-0.39, 0.29) is 0 Å². The highest BCUT2D eigenvalue weighted by Gasteiger charge is 2.30. The number of thioether (sulfide) groups is 1. The first-order valence-corrected chi connectivity index (χ1v) is 8.30. The van der Waals surface area contributed by atoms with Crippen LogP contribution in [-0.4, -0.2) is 18.2 Å². The van der Waals surface area contributed by atoms with Gasteiger partial charge in [-0.1, -0.05) is 30.3 Å². The molecule has 114 valence electrons. The zero-order valence-corrected chi connectivity index (χ0v) is 13.2. The molecule has 0 spiro atoms. The van der Waals surface area contributed by atoms with Gasteiger partial charge in [0.15, 0.2) is 0 Å². The molecule has 1 aliphatic carbocycles. The van der Waals surface area contributed by atoms with Crippen LogP contribution in [0.3, 0.4) is 0 Å². The van der Waals surface area contributed by atoms with Crippen LogP contribution < -0.4 is 4.74 Å². The molecule has 1 aliphatic rings. The van der Waals surface area contributed by atoms with Crippen molar-refractivity contribution in [2.45, 2.75) is 29.4 Å². The van der Waals surface area contributed by atoms with Gasteiger partial charge in [-0.25, -0.2) is 4.79 Å². The topological polar surface area (TPSA) is 46.5 Å². The van der Waals surface area contributed by atoms with Gasteiger partial charge in [-0.15, -0.1) is 11.8 Å². The van der Waals surface area contributed by atoms with Gasteiger partial charge in [0.25, 0.3) is 0 Å². The number of methoxy groups -OCH3 is 1. The lowest BCUT2D eigenvalue weighted by atomic mass is 10.00. The number of benzene rings is 2. The lowest BCUT2D eigenvalue weighted by molar-refractivity contribution is 0.0692. The maximum absolute atomic E-state index is 11.7. The molecule has 1 saturated carbocycles. The van der Waals surface area contributed by atoms with Gasteiger partial charge in [-0.05, 0) is 42.0 Å². The molecule has 0 aromatic heterocycles. The molecule has 0 saturated heterocycles. The van der Waals surface area contributed by atoms with Crippen molar-refractivity contribution < 1.29 is 14.6 Å². The van der Waals surface area contributed by atoms with Crippen LogP contribution in [-0.2, 0) is 5.75 Å². The summed E-state index contributed by atoms with van der Waals surface area (Å²) in [4.78, 5) is 12.8. The smallest absolute Gasteiger partial charge is 0.339 e. The number of carboxylic acid groups (broad SMARTS) is 1. The fraction of sp³-hybridized carbons (Fsp3) is 0.278. The predicted octanol–water partition coefficient (Wildman–Crippen LogP) is 4.56. The molecule has 0 unspecified atom stereocenters. The summed E-state index contributed by atoms with van der Waals surface area (Å²) in [5.74, 6) is 0.709. The van der Waals surface area contributed by atoms with Gasteiger partial charge in [0.05, 0.1) is 7.11 Å². The van der Waals surface area contributed by atoms with Crippen molar-refractivity contribution in [2.75, 3.05) is 7.11 Å². The molecule has 0 radical (unpaired) electrons. The molecular weight excluding hydrogens is 296 g/mol. The lowest BCUT2D eigenvalue weighted by Gasteiger charge is -2.15. The Morgan fingerprint density at radius 3 is 2.55 bits per heavy atom. The van der Waals surface area contributed by atoms with E-state index in [1.165, 1.54) is 0 Å². The van der Waals surface area contributed by atoms with Gasteiger partial charge in [0.1, 0.15) is 11.3 Å². The summed E-state index contributed by atoms with van der Waals surface area (Å²) >= 11 is 1.64. The van der Waals surface area contributed by atoms with Crippen LogP contribution >= 0.6 is 11.8 Å². The molecule has 0 atom stereocenters. The van der Waals surface area contributed by atoms with E-state index < -0.39 is 5.97 Å². The molecule has 2 aromatic rings. The summed E-state index contributed by atoms with van der Waals surface area (Å²) in [5.41, 5.74) is 2.16. The number of carboxylic acids is 1. The van der Waals surface area contributed by atoms with Crippen molar-refractivity contribution in [1.29, 1.82) is 0 Å². The Balaban J connectivity index is 1.91. The van der Waals surface area contributed by atoms with Crippen LogP contribution in [0.5, 0.6) is 5.75 Å². The van der Waals surface area contributed by atoms with Crippen molar-refractivity contribution in [3.8, 4) is 5.75 Å². The van der Waals surface area contributed by atoms with Crippen LogP contribution in [0.25, 0.3) is 0 Å². The molecule has 22 heavy (non-hydrogen) atoms. The zero-order valence-electron chi connectivity index (χ0n) is 12.4. The lowest BCUT2D eigenvalue weighted by Crippen LogP contribution is -2.07. The van der Waals surface area contributed by atoms with E-state index in [0.717, 1.165) is 28.9 Å². The Kier molecular flexibility index (Phi) is 4.39. The summed E-state index contributed by atoms with van der Waals surface area (Å²) < 4.78 is 5.44. The van der Waals surface area contributed by atoms with Crippen molar-refractivity contribution in [3.63, 3.8) is 0 Å². The molecular formula is C18H18O3S. The quantitative estimate of drug-likeness (QED) is 0.794. The molecule has 0 aliphatic heterocycles. The highest BCUT2D eigenvalue weighted by molar-refractivity contribution is 7.98. The van der Waals surface area contributed by atoms with Crippen molar-refractivity contribution in [1.82, 2.24) is 0 Å². The van der Waals surface area contributed by atoms with Gasteiger partial charge in [0, 0.05) is 10.6 Å². The number of aromatic carboxylic acids is 1. The van der Waals surface area contributed by atoms with Crippen molar-refractivity contribution in [3.05, 3.63) is 59.2 Å². The fourth-order valence-electron chi connectivity index (χ4n) is 2.61. The second kappa shape index (κ2) is 6.44. The van der Waals surface area contributed by atoms with Gasteiger partial charge in [-0.3, -0.25) is 0 Å². The Morgan fingerprint density at radius 1 is 1.23 bits per heavy atom. The molecule has 0 heterocycles. The third-order valence-corrected chi connectivity index (χ3v) is 4.91. The largest absolute Gasteiger partial charge is 0.496 e. The average molecular weight is 314 g/mol. The van der Waals surface area contributed by atoms with Gasteiger partial charge in [0.2, 0.25) is 0 Å². The van der Waals surface area contributed by atoms with Crippen molar-refractivity contribution in [2.24, 2.45) is 0 Å². The molecule has 3 nitrogen and oxygen atoms in total. The highest BCUT2D eigenvalue weighted by Crippen LogP contribution is 2.46. The minimum absolute atomic E-state index is 0.315. The minimum atomic E-state index is -0.914. The maximum Gasteiger partial charge on any atom is 0.339 e. The normalized spacial score (nSPS) is 13.9. The number of rotatable bonds is 6. The van der Waals surface area contributed by atoms with Gasteiger partial charge >= 0.3 is 5.97 Å². The third kappa shape index (κ3) is 3.12. The van der Waals surface area contributed by atoms with Gasteiger partial charge < -0.3 is 9.84 Å². The van der Waals surface area contributed by atoms with Crippen LogP contribution in [0, 0.1) is 0 Å². The molecule has 2 aromatic carbocycles. The van der Waals surface area contributed by atoms with Crippen molar-refractivity contribution >= 4 is 17.7 Å². The average Bonchev–Trinajstić information content (AvgIpc) is 3.37. The predicted molar refractivity (Wildman–Crippen MR) is 87.9 cm³/mol. The molecule has 0 amide bonds. The summed E-state index contributed by atoms with van der Waals surface area (Å²) in [7, 11) is 1.56. The van der Waals surface area contributed by atoms with E-state index in [9.17, 15) is 9.90 Å². The minimum Gasteiger partial charge on any atom is -0.496 e. The first-order chi connectivity index (χ1) is 10.7. The number of carbonyl (C=O) groups is 1. The molecule has 1 N–H and O–H groups in total. The van der Waals surface area contributed by atoms with E-state index in [1.807, 2.05) is 42.5 Å². The third-order valence-electron chi connectivity index (χ3n) is 3.85. The summed E-state index contributed by atoms with van der Waals surface area (Å²) in [5, 5.41) is 9.61. The SMILES string of the molecule is COc1c(C2CC2)ccc(CSc2ccccc2)c1C(=O)O. The maximum atomic E-state index is 11.7. The van der Waals surface area contributed by atoms with E-state index >= 15 is 0 Å². The zero-order chi connectivity index (χ0) is 15.5. The molecule has 1 fully saturated rings. The molecule has 3 rings (SSSR count). The van der Waals surface area contributed by atoms with Crippen LogP contribution in [0.15, 0.2) is 47.4 Å². The Bertz CT molecular complexity index is 678. The van der Waals surface area contributed by atoms with E-state index in [4.69, 9.17) is 4.74 Å². The van der Waals surface area contributed by atoms with Crippen LogP contribution in [0.2, 0.25) is 0 Å². The van der Waals surface area contributed by atoms with E-state index in [2.05, 4.69) is 0 Å². The van der Waals surface area contributed by atoms with Gasteiger partial charge in [-0.2, -0.15) is 0 Å². The number of hydrogen-bond donors (Lipinski definition) is 1. The first kappa shape index (κ1) is 15.0. The fourth-order valence-corrected chi connectivity index (χ4v) is 3.52. The van der Waals surface area contributed by atoms with E-state index in [1.54, 1.807) is 18.9 Å². The Labute approximate surface area is 134 Å². The monoisotopic (exact) mass is 314 g/mol. The van der Waals surface area contributed by atoms with E-state index in [0.29, 0.717) is 23.0 Å². The summed E-state index contributed by atoms with van der Waals surface area (Å²) in [6.45, 7) is 0. The summed E-state index contributed by atoms with van der Waals surface area (Å²) in [6, 6.07) is 14.0. The standard InChI is InChI=1S/C18H18O3S/c1-21-17-15(12-7-8-12)10-9-13(16(17)18(19)20)11-22-14-5-3-2-4-6-14/h2-6,9-10,12H,7-8,11H2,1H3,(H,19,20). The molecule has 0 bridgehead atoms. The van der Waals surface area contributed by atoms with Crippen LogP contribution in [0.4, 0.5) is 0 Å². The summed E-state index contributed by atoms with van der Waals surface area (Å²) in [6.07, 6.45) is 2.24. The second-order valence-corrected chi connectivity index (χ2v) is 6.45. The Hall–Kier alpha value is -1.94. The Morgan fingerprint density at radius 2 is 1.95 bits per heavy atom.